The van der Waals surface area contributed by atoms with Crippen molar-refractivity contribution in [3.63, 3.8) is 0 Å². The number of nitrogens with two attached hydrogens (primary N) is 1. The molecular formula is C40H33N10O5P. The van der Waals surface area contributed by atoms with Gasteiger partial charge in [0.25, 0.3) is 0 Å². The van der Waals surface area contributed by atoms with Gasteiger partial charge in [-0.1, -0.05) is 56.0 Å². The van der Waals surface area contributed by atoms with Gasteiger partial charge in [0.1, 0.15) is 11.5 Å². The third-order valence-corrected chi connectivity index (χ3v) is 8.55. The van der Waals surface area contributed by atoms with Gasteiger partial charge in [0.05, 0.1) is 28.3 Å². The molecule has 16 heteroatoms. The molecule has 8 rings (SSSR count). The fourth-order valence-corrected chi connectivity index (χ4v) is 5.93. The van der Waals surface area contributed by atoms with Crippen molar-refractivity contribution in [3.05, 3.63) is 174 Å². The Labute approximate surface area is 320 Å². The minimum absolute atomic E-state index is 0. The second-order valence-electron chi connectivity index (χ2n) is 11.1. The largest absolute Gasteiger partial charge is 0.525 e. The molecular weight excluding hydrogens is 731 g/mol. The van der Waals surface area contributed by atoms with E-state index in [0.29, 0.717) is 45.3 Å². The predicted octanol–water partition coefficient (Wildman–Crippen LogP) is 9.86. The lowest BCUT2D eigenvalue weighted by molar-refractivity contribution is 0.0699. The summed E-state index contributed by atoms with van der Waals surface area (Å²) >= 11 is 0. The van der Waals surface area contributed by atoms with Gasteiger partial charge in [-0.05, 0) is 90.5 Å². The highest BCUT2D eigenvalue weighted by Gasteiger charge is 2.26. The number of aromatic carboxylic acids is 1. The van der Waals surface area contributed by atoms with E-state index < -0.39 is 13.7 Å². The smallest absolute Gasteiger partial charge is 0.478 e. The second kappa shape index (κ2) is 18.9. The Morgan fingerprint density at radius 2 is 1.09 bits per heavy atom. The standard InChI is InChI=1S/C14H9N3O2.C13H10N4.C12H10N3O3P.CH4/c18-14(19)10-8-12(11-5-1-2-6-15-11)17-13-9(10)4-3-7-16-13;14-10-8-12(11-5-1-2-6-15-11)17-13-9(10)4-3-7-16-13;13-14-15-19(16,17-11-7-3-1-4-8-11)18-12-9-5-2-6-10-12;/h1-8H,(H,18,19);1-8H,(H2,14,16,17);1-10H;1H4. The Hall–Kier alpha value is -7.73. The van der Waals surface area contributed by atoms with Gasteiger partial charge in [-0.2, -0.15) is 0 Å². The Balaban J connectivity index is 0.000000160. The Morgan fingerprint density at radius 1 is 0.625 bits per heavy atom. The quantitative estimate of drug-likeness (QED) is 0.0638. The summed E-state index contributed by atoms with van der Waals surface area (Å²) < 4.78 is 22.6. The maximum absolute atomic E-state index is 12.3. The van der Waals surface area contributed by atoms with Crippen LogP contribution in [0.5, 0.6) is 11.5 Å². The van der Waals surface area contributed by atoms with E-state index in [4.69, 9.17) is 20.3 Å². The predicted molar refractivity (Wildman–Crippen MR) is 215 cm³/mol. The van der Waals surface area contributed by atoms with Crippen molar-refractivity contribution in [2.24, 2.45) is 4.88 Å². The Morgan fingerprint density at radius 3 is 1.57 bits per heavy atom. The number of nitrogens with zero attached hydrogens (tertiary/aromatic N) is 9. The van der Waals surface area contributed by atoms with Crippen LogP contribution in [0.1, 0.15) is 17.8 Å². The topological polar surface area (TPSA) is 225 Å². The molecule has 0 aliphatic heterocycles. The van der Waals surface area contributed by atoms with Gasteiger partial charge in [0.2, 0.25) is 0 Å². The first-order valence-electron chi connectivity index (χ1n) is 16.3. The first-order chi connectivity index (χ1) is 26.8. The number of carbonyl (C=O) groups is 1. The molecule has 0 saturated carbocycles. The van der Waals surface area contributed by atoms with Gasteiger partial charge in [0, 0.05) is 51.0 Å². The van der Waals surface area contributed by atoms with Crippen LogP contribution in [0.3, 0.4) is 0 Å². The van der Waals surface area contributed by atoms with E-state index in [2.05, 4.69) is 39.7 Å². The number of azide groups is 1. The molecule has 0 aliphatic carbocycles. The molecule has 0 fully saturated rings. The van der Waals surface area contributed by atoms with Crippen LogP contribution in [-0.2, 0) is 4.57 Å². The van der Waals surface area contributed by atoms with Crippen molar-refractivity contribution in [3.8, 4) is 34.3 Å². The van der Waals surface area contributed by atoms with Gasteiger partial charge >= 0.3 is 13.7 Å². The third kappa shape index (κ3) is 10.2. The average Bonchev–Trinajstić information content (AvgIpc) is 3.22. The molecule has 0 spiro atoms. The zero-order chi connectivity index (χ0) is 38.5. The highest BCUT2D eigenvalue weighted by atomic mass is 31.2. The number of benzene rings is 2. The molecule has 0 amide bonds. The van der Waals surface area contributed by atoms with Crippen molar-refractivity contribution in [2.45, 2.75) is 7.43 Å². The van der Waals surface area contributed by atoms with Gasteiger partial charge < -0.3 is 19.9 Å². The van der Waals surface area contributed by atoms with E-state index in [1.165, 1.54) is 6.07 Å². The highest BCUT2D eigenvalue weighted by Crippen LogP contribution is 2.50. The van der Waals surface area contributed by atoms with E-state index in [1.54, 1.807) is 110 Å². The molecule has 6 aromatic heterocycles. The lowest BCUT2D eigenvalue weighted by atomic mass is 10.1. The number of hydrogen-bond acceptors (Lipinski definition) is 11. The normalized spacial score (nSPS) is 10.3. The number of rotatable bonds is 8. The summed E-state index contributed by atoms with van der Waals surface area (Å²) in [5.74, 6) is -0.402. The Bertz CT molecular complexity index is 2590. The van der Waals surface area contributed by atoms with Crippen LogP contribution >= 0.6 is 7.75 Å². The minimum Gasteiger partial charge on any atom is -0.478 e. The molecule has 0 unspecified atom stereocenters. The summed E-state index contributed by atoms with van der Waals surface area (Å²) in [7, 11) is -3.95. The molecule has 3 N–H and O–H groups in total. The molecule has 56 heavy (non-hydrogen) atoms. The molecule has 0 radical (unpaired) electrons. The molecule has 8 aromatic rings. The maximum atomic E-state index is 12.3. The van der Waals surface area contributed by atoms with Gasteiger partial charge in [-0.15, -0.1) is 0 Å². The van der Waals surface area contributed by atoms with Crippen LogP contribution in [0.4, 0.5) is 5.69 Å². The number of pyridine rings is 6. The zero-order valence-corrected chi connectivity index (χ0v) is 29.5. The summed E-state index contributed by atoms with van der Waals surface area (Å²) in [6.45, 7) is 0. The first kappa shape index (κ1) is 39.5. The first-order valence-corrected chi connectivity index (χ1v) is 17.8. The number of anilines is 1. The lowest BCUT2D eigenvalue weighted by Crippen LogP contribution is -2.01. The van der Waals surface area contributed by atoms with Gasteiger partial charge in [-0.25, -0.2) is 29.3 Å². The van der Waals surface area contributed by atoms with Crippen molar-refractivity contribution < 1.29 is 23.5 Å². The maximum Gasteiger partial charge on any atom is 0.525 e. The molecule has 2 aromatic carbocycles. The number of hydrogen-bond donors (Lipinski definition) is 2. The Kier molecular flexibility index (Phi) is 13.3. The van der Waals surface area contributed by atoms with Crippen LogP contribution in [-0.4, -0.2) is 41.0 Å². The van der Waals surface area contributed by atoms with E-state index in [0.717, 1.165) is 16.8 Å². The zero-order valence-electron chi connectivity index (χ0n) is 28.6. The fourth-order valence-electron chi connectivity index (χ4n) is 4.94. The number of aromatic nitrogens is 6. The fraction of sp³-hybridized carbons (Fsp3) is 0.0250. The summed E-state index contributed by atoms with van der Waals surface area (Å²) in [4.78, 5) is 42.5. The van der Waals surface area contributed by atoms with Crippen LogP contribution in [0.15, 0.2) is 163 Å². The number of fused-ring (bicyclic) bond motifs is 2. The average molecular weight is 765 g/mol. The van der Waals surface area contributed by atoms with Gasteiger partial charge in [0.15, 0.2) is 11.3 Å². The van der Waals surface area contributed by atoms with E-state index >= 15 is 0 Å². The monoisotopic (exact) mass is 764 g/mol. The molecule has 0 saturated heterocycles. The van der Waals surface area contributed by atoms with E-state index in [1.807, 2.05) is 42.5 Å². The van der Waals surface area contributed by atoms with Crippen molar-refractivity contribution in [1.82, 2.24) is 29.9 Å². The molecule has 278 valence electrons. The molecule has 0 bridgehead atoms. The van der Waals surface area contributed by atoms with Crippen molar-refractivity contribution >= 4 is 41.5 Å². The van der Waals surface area contributed by atoms with Crippen molar-refractivity contribution in [1.29, 1.82) is 0 Å². The molecule has 0 atom stereocenters. The SMILES string of the molecule is C.Nc1cc(-c2ccccn2)nc2ncccc12.O=C(O)c1cc(-c2ccccn2)nc2ncccc12.[N-]=[N+]=NP(=O)(Oc1ccccc1)Oc1ccccc1. The molecule has 15 nitrogen and oxygen atoms in total. The summed E-state index contributed by atoms with van der Waals surface area (Å²) in [6, 6.07) is 38.3. The number of para-hydroxylation sites is 2. The van der Waals surface area contributed by atoms with E-state index in [-0.39, 0.29) is 13.0 Å². The second-order valence-corrected chi connectivity index (χ2v) is 12.6. The summed E-state index contributed by atoms with van der Waals surface area (Å²) in [5, 5.41) is 10.7. The molecule has 0 aliphatic rings. The summed E-state index contributed by atoms with van der Waals surface area (Å²) in [6.07, 6.45) is 6.66. The van der Waals surface area contributed by atoms with Crippen LogP contribution in [0, 0.1) is 0 Å². The van der Waals surface area contributed by atoms with Crippen molar-refractivity contribution in [2.75, 3.05) is 5.73 Å². The lowest BCUT2D eigenvalue weighted by Gasteiger charge is -2.14. The number of carboxylic acid groups (broad SMARTS) is 1. The summed E-state index contributed by atoms with van der Waals surface area (Å²) in [5.41, 5.74) is 19.0. The van der Waals surface area contributed by atoms with Gasteiger partial charge in [-0.3, -0.25) is 9.97 Å². The van der Waals surface area contributed by atoms with Crippen LogP contribution < -0.4 is 14.8 Å². The highest BCUT2D eigenvalue weighted by molar-refractivity contribution is 7.53. The number of carboxylic acids is 1. The minimum atomic E-state index is -3.95. The number of nitrogen functional groups attached to an aromatic ring is 1. The molecule has 6 heterocycles. The third-order valence-electron chi connectivity index (χ3n) is 7.36. The van der Waals surface area contributed by atoms with Crippen LogP contribution in [0.2, 0.25) is 0 Å². The van der Waals surface area contributed by atoms with Crippen LogP contribution in [0.25, 0.3) is 55.3 Å². The van der Waals surface area contributed by atoms with E-state index in [9.17, 15) is 14.5 Å².